The number of benzene rings is 2. The SMILES string of the molecule is O=C(CSc1nc2ccc([N+](=O)[O-])cc2s1)NCCc1cccc(Cl)c1. The van der Waals surface area contributed by atoms with Gasteiger partial charge in [0.2, 0.25) is 5.91 Å². The van der Waals surface area contributed by atoms with Crippen LogP contribution in [-0.2, 0) is 11.2 Å². The summed E-state index contributed by atoms with van der Waals surface area (Å²) in [5.74, 6) is 0.166. The molecule has 0 radical (unpaired) electrons. The Labute approximate surface area is 162 Å². The molecular weight excluding hydrogens is 394 g/mol. The van der Waals surface area contributed by atoms with Gasteiger partial charge in [0.1, 0.15) is 0 Å². The number of thiazole rings is 1. The van der Waals surface area contributed by atoms with Gasteiger partial charge in [0, 0.05) is 23.7 Å². The third kappa shape index (κ3) is 4.94. The first-order valence-corrected chi connectivity index (χ1v) is 9.88. The second-order valence-electron chi connectivity index (χ2n) is 5.41. The van der Waals surface area contributed by atoms with Crippen LogP contribution >= 0.6 is 34.7 Å². The molecule has 3 rings (SSSR count). The molecule has 1 aromatic heterocycles. The Balaban J connectivity index is 1.49. The van der Waals surface area contributed by atoms with Crippen molar-refractivity contribution in [2.45, 2.75) is 10.8 Å². The Morgan fingerprint density at radius 1 is 1.31 bits per heavy atom. The highest BCUT2D eigenvalue weighted by atomic mass is 35.5. The number of hydrogen-bond donors (Lipinski definition) is 1. The summed E-state index contributed by atoms with van der Waals surface area (Å²) in [5, 5.41) is 14.4. The second-order valence-corrected chi connectivity index (χ2v) is 8.10. The first kappa shape index (κ1) is 18.6. The van der Waals surface area contributed by atoms with E-state index in [1.807, 2.05) is 24.3 Å². The third-order valence-corrected chi connectivity index (χ3v) is 5.91. The van der Waals surface area contributed by atoms with Gasteiger partial charge >= 0.3 is 0 Å². The number of nitro benzene ring substituents is 1. The van der Waals surface area contributed by atoms with Crippen molar-refractivity contribution in [3.63, 3.8) is 0 Å². The van der Waals surface area contributed by atoms with Crippen molar-refractivity contribution in [3.05, 3.63) is 63.2 Å². The van der Waals surface area contributed by atoms with Crippen LogP contribution in [0.15, 0.2) is 46.8 Å². The molecule has 0 aliphatic heterocycles. The number of carbonyl (C=O) groups excluding carboxylic acids is 1. The lowest BCUT2D eigenvalue weighted by Crippen LogP contribution is -2.27. The normalized spacial score (nSPS) is 10.8. The summed E-state index contributed by atoms with van der Waals surface area (Å²) in [4.78, 5) is 26.7. The van der Waals surface area contributed by atoms with Crippen LogP contribution in [0.2, 0.25) is 5.02 Å². The van der Waals surface area contributed by atoms with E-state index in [-0.39, 0.29) is 17.3 Å². The Hall–Kier alpha value is -2.16. The summed E-state index contributed by atoms with van der Waals surface area (Å²) < 4.78 is 1.45. The lowest BCUT2D eigenvalue weighted by Gasteiger charge is -2.05. The molecule has 0 bridgehead atoms. The highest BCUT2D eigenvalue weighted by Crippen LogP contribution is 2.31. The molecule has 3 aromatic rings. The zero-order valence-corrected chi connectivity index (χ0v) is 15.9. The number of fused-ring (bicyclic) bond motifs is 1. The second kappa shape index (κ2) is 8.48. The molecule has 0 aliphatic rings. The first-order valence-electron chi connectivity index (χ1n) is 7.70. The van der Waals surface area contributed by atoms with E-state index in [4.69, 9.17) is 11.6 Å². The van der Waals surface area contributed by atoms with Gasteiger partial charge < -0.3 is 5.32 Å². The average molecular weight is 408 g/mol. The Kier molecular flexibility index (Phi) is 6.08. The van der Waals surface area contributed by atoms with E-state index >= 15 is 0 Å². The fourth-order valence-electron chi connectivity index (χ4n) is 2.28. The van der Waals surface area contributed by atoms with Crippen molar-refractivity contribution in [3.8, 4) is 0 Å². The lowest BCUT2D eigenvalue weighted by atomic mass is 10.1. The van der Waals surface area contributed by atoms with Crippen LogP contribution < -0.4 is 5.32 Å². The molecule has 0 saturated carbocycles. The van der Waals surface area contributed by atoms with Gasteiger partial charge in [-0.05, 0) is 30.2 Å². The minimum atomic E-state index is -0.431. The van der Waals surface area contributed by atoms with Crippen molar-refractivity contribution in [1.82, 2.24) is 10.3 Å². The molecule has 2 aromatic carbocycles. The monoisotopic (exact) mass is 407 g/mol. The molecule has 0 spiro atoms. The maximum absolute atomic E-state index is 12.0. The van der Waals surface area contributed by atoms with Crippen molar-refractivity contribution in [2.75, 3.05) is 12.3 Å². The molecule has 9 heteroatoms. The van der Waals surface area contributed by atoms with E-state index < -0.39 is 4.92 Å². The molecule has 0 unspecified atom stereocenters. The van der Waals surface area contributed by atoms with Gasteiger partial charge in [-0.25, -0.2) is 4.98 Å². The quantitative estimate of drug-likeness (QED) is 0.358. The van der Waals surface area contributed by atoms with Crippen LogP contribution in [0.3, 0.4) is 0 Å². The summed E-state index contributed by atoms with van der Waals surface area (Å²) in [7, 11) is 0. The van der Waals surface area contributed by atoms with Gasteiger partial charge in [0.15, 0.2) is 4.34 Å². The van der Waals surface area contributed by atoms with E-state index in [1.165, 1.54) is 35.2 Å². The number of aromatic nitrogens is 1. The van der Waals surface area contributed by atoms with Crippen LogP contribution in [0.25, 0.3) is 10.2 Å². The van der Waals surface area contributed by atoms with Crippen LogP contribution in [-0.4, -0.2) is 28.1 Å². The minimum absolute atomic E-state index is 0.0384. The van der Waals surface area contributed by atoms with E-state index in [1.54, 1.807) is 6.07 Å². The third-order valence-electron chi connectivity index (χ3n) is 3.51. The highest BCUT2D eigenvalue weighted by Gasteiger charge is 2.11. The smallest absolute Gasteiger partial charge is 0.270 e. The molecule has 0 aliphatic carbocycles. The zero-order valence-electron chi connectivity index (χ0n) is 13.5. The number of nitrogens with one attached hydrogen (secondary N) is 1. The van der Waals surface area contributed by atoms with Gasteiger partial charge in [-0.15, -0.1) is 11.3 Å². The topological polar surface area (TPSA) is 85.1 Å². The van der Waals surface area contributed by atoms with E-state index in [2.05, 4.69) is 10.3 Å². The highest BCUT2D eigenvalue weighted by molar-refractivity contribution is 8.01. The number of nitro groups is 1. The summed E-state index contributed by atoms with van der Waals surface area (Å²) in [6.45, 7) is 0.534. The lowest BCUT2D eigenvalue weighted by molar-refractivity contribution is -0.384. The molecule has 0 fully saturated rings. The summed E-state index contributed by atoms with van der Waals surface area (Å²) in [5.41, 5.74) is 1.80. The van der Waals surface area contributed by atoms with Crippen molar-refractivity contribution in [2.24, 2.45) is 0 Å². The van der Waals surface area contributed by atoms with Crippen molar-refractivity contribution in [1.29, 1.82) is 0 Å². The van der Waals surface area contributed by atoms with Crippen LogP contribution in [0.1, 0.15) is 5.56 Å². The predicted molar refractivity (Wildman–Crippen MR) is 105 cm³/mol. The molecule has 134 valence electrons. The Bertz CT molecular complexity index is 961. The summed E-state index contributed by atoms with van der Waals surface area (Å²) in [6.07, 6.45) is 0.710. The average Bonchev–Trinajstić information content (AvgIpc) is 3.02. The van der Waals surface area contributed by atoms with Crippen LogP contribution in [0.4, 0.5) is 5.69 Å². The zero-order chi connectivity index (χ0) is 18.5. The fraction of sp³-hybridized carbons (Fsp3) is 0.176. The van der Waals surface area contributed by atoms with Gasteiger partial charge in [0.25, 0.3) is 5.69 Å². The number of thioether (sulfide) groups is 1. The molecular formula is C17H14ClN3O3S2. The van der Waals surface area contributed by atoms with Crippen molar-refractivity contribution < 1.29 is 9.72 Å². The Morgan fingerprint density at radius 3 is 2.92 bits per heavy atom. The van der Waals surface area contributed by atoms with Crippen LogP contribution in [0.5, 0.6) is 0 Å². The molecule has 6 nitrogen and oxygen atoms in total. The first-order chi connectivity index (χ1) is 12.5. The summed E-state index contributed by atoms with van der Waals surface area (Å²) in [6, 6.07) is 12.1. The molecule has 1 heterocycles. The minimum Gasteiger partial charge on any atom is -0.355 e. The molecule has 26 heavy (non-hydrogen) atoms. The summed E-state index contributed by atoms with van der Waals surface area (Å²) >= 11 is 8.60. The largest absolute Gasteiger partial charge is 0.355 e. The molecule has 1 N–H and O–H groups in total. The van der Waals surface area contributed by atoms with E-state index in [9.17, 15) is 14.9 Å². The van der Waals surface area contributed by atoms with Gasteiger partial charge in [-0.1, -0.05) is 35.5 Å². The van der Waals surface area contributed by atoms with Crippen molar-refractivity contribution >= 4 is 56.5 Å². The van der Waals surface area contributed by atoms with Crippen LogP contribution in [0, 0.1) is 10.1 Å². The number of halogens is 1. The number of amides is 1. The number of hydrogen-bond acceptors (Lipinski definition) is 6. The Morgan fingerprint density at radius 2 is 2.15 bits per heavy atom. The standard InChI is InChI=1S/C17H14ClN3O3S2/c18-12-3-1-2-11(8-12)6-7-19-16(22)10-25-17-20-14-5-4-13(21(23)24)9-15(14)26-17/h1-5,8-9H,6-7,10H2,(H,19,22). The molecule has 0 atom stereocenters. The number of nitrogens with zero attached hydrogens (tertiary/aromatic N) is 2. The number of carbonyl (C=O) groups is 1. The maximum atomic E-state index is 12.0. The molecule has 1 amide bonds. The number of rotatable bonds is 7. The fourth-order valence-corrected chi connectivity index (χ4v) is 4.43. The molecule has 0 saturated heterocycles. The predicted octanol–water partition coefficient (Wildman–Crippen LogP) is 4.31. The van der Waals surface area contributed by atoms with Gasteiger partial charge in [-0.2, -0.15) is 0 Å². The maximum Gasteiger partial charge on any atom is 0.270 e. The van der Waals surface area contributed by atoms with Gasteiger partial charge in [-0.3, -0.25) is 14.9 Å². The van der Waals surface area contributed by atoms with E-state index in [0.29, 0.717) is 27.8 Å². The van der Waals surface area contributed by atoms with Gasteiger partial charge in [0.05, 0.1) is 20.9 Å². The number of non-ortho nitro benzene ring substituents is 1. The van der Waals surface area contributed by atoms with E-state index in [0.717, 1.165) is 10.3 Å².